The van der Waals surface area contributed by atoms with E-state index < -0.39 is 0 Å². The summed E-state index contributed by atoms with van der Waals surface area (Å²) in [4.78, 5) is 17.8. The molecule has 0 amide bonds. The van der Waals surface area contributed by atoms with Crippen LogP contribution in [0.15, 0.2) is 34.4 Å². The Balaban J connectivity index is 2.24. The summed E-state index contributed by atoms with van der Waals surface area (Å²) in [6.45, 7) is 6.16. The lowest BCUT2D eigenvalue weighted by Gasteiger charge is -2.16. The van der Waals surface area contributed by atoms with Crippen molar-refractivity contribution < 1.29 is 0 Å². The van der Waals surface area contributed by atoms with Gasteiger partial charge in [0.05, 0.1) is 16.3 Å². The third-order valence-electron chi connectivity index (χ3n) is 3.01. The summed E-state index contributed by atoms with van der Waals surface area (Å²) < 4.78 is 1.49. The Bertz CT molecular complexity index is 775. The van der Waals surface area contributed by atoms with Crippen LogP contribution in [-0.2, 0) is 5.41 Å². The molecular weight excluding hydrogens is 258 g/mol. The fourth-order valence-corrected chi connectivity index (χ4v) is 2.63. The summed E-state index contributed by atoms with van der Waals surface area (Å²) in [5.74, 6) is 0. The normalized spacial score (nSPS) is 12.2. The van der Waals surface area contributed by atoms with Gasteiger partial charge in [-0.3, -0.25) is 9.89 Å². The Morgan fingerprint density at radius 1 is 1.32 bits per heavy atom. The number of thiophene rings is 1. The topological polar surface area (TPSA) is 50.2 Å². The second kappa shape index (κ2) is 4.06. The van der Waals surface area contributed by atoms with Gasteiger partial charge in [-0.25, -0.2) is 9.50 Å². The van der Waals surface area contributed by atoms with Gasteiger partial charge in [-0.05, 0) is 11.4 Å². The van der Waals surface area contributed by atoms with Gasteiger partial charge in [0.15, 0.2) is 5.65 Å². The highest BCUT2D eigenvalue weighted by atomic mass is 32.1. The molecule has 0 aliphatic rings. The summed E-state index contributed by atoms with van der Waals surface area (Å²) in [6, 6.07) is 7.53. The molecule has 3 rings (SSSR count). The predicted octanol–water partition coefficient (Wildman–Crippen LogP) is 3.05. The molecule has 3 heterocycles. The van der Waals surface area contributed by atoms with Crippen molar-refractivity contribution in [2.24, 2.45) is 0 Å². The minimum atomic E-state index is -0.131. The Hall–Kier alpha value is -1.88. The van der Waals surface area contributed by atoms with Crippen LogP contribution in [0.1, 0.15) is 26.5 Å². The molecular formula is C14H15N3OS. The maximum atomic E-state index is 12.1. The van der Waals surface area contributed by atoms with E-state index in [1.54, 1.807) is 17.4 Å². The van der Waals surface area contributed by atoms with Gasteiger partial charge in [0.25, 0.3) is 5.56 Å². The van der Waals surface area contributed by atoms with Crippen molar-refractivity contribution in [1.29, 1.82) is 0 Å². The molecule has 0 aromatic carbocycles. The van der Waals surface area contributed by atoms with Crippen LogP contribution in [0.2, 0.25) is 0 Å². The molecule has 0 atom stereocenters. The predicted molar refractivity (Wildman–Crippen MR) is 77.8 cm³/mol. The molecule has 0 fully saturated rings. The quantitative estimate of drug-likeness (QED) is 0.741. The molecule has 3 aromatic heterocycles. The van der Waals surface area contributed by atoms with Crippen LogP contribution in [0, 0.1) is 0 Å². The maximum absolute atomic E-state index is 12.1. The van der Waals surface area contributed by atoms with E-state index in [-0.39, 0.29) is 11.0 Å². The number of rotatable bonds is 1. The fraction of sp³-hybridized carbons (Fsp3) is 0.286. The second-order valence-corrected chi connectivity index (χ2v) is 6.52. The minimum absolute atomic E-state index is 0.0715. The second-order valence-electron chi connectivity index (χ2n) is 5.57. The van der Waals surface area contributed by atoms with Gasteiger partial charge in [0, 0.05) is 17.5 Å². The number of hydrogen-bond donors (Lipinski definition) is 1. The zero-order valence-corrected chi connectivity index (χ0v) is 11.9. The maximum Gasteiger partial charge on any atom is 0.272 e. The van der Waals surface area contributed by atoms with Gasteiger partial charge >= 0.3 is 0 Å². The number of H-pyrrole nitrogens is 1. The standard InChI is InChI=1S/C14H15N3OS/c1-14(2,3)11-8-13(18)17-12(15-11)7-9(16-17)10-5-4-6-19-10/h4-8,16H,1-3H3. The van der Waals surface area contributed by atoms with Crippen molar-refractivity contribution in [2.45, 2.75) is 26.2 Å². The highest BCUT2D eigenvalue weighted by molar-refractivity contribution is 7.13. The Kier molecular flexibility index (Phi) is 2.60. The van der Waals surface area contributed by atoms with Crippen LogP contribution >= 0.6 is 11.3 Å². The molecule has 3 aromatic rings. The van der Waals surface area contributed by atoms with E-state index in [0.717, 1.165) is 16.3 Å². The average molecular weight is 273 g/mol. The Morgan fingerprint density at radius 3 is 2.74 bits per heavy atom. The van der Waals surface area contributed by atoms with E-state index in [2.05, 4.69) is 30.9 Å². The molecule has 98 valence electrons. The van der Waals surface area contributed by atoms with E-state index in [1.807, 2.05) is 23.6 Å². The number of nitrogens with zero attached hydrogens (tertiary/aromatic N) is 2. The zero-order valence-electron chi connectivity index (χ0n) is 11.1. The fourth-order valence-electron chi connectivity index (χ4n) is 1.93. The molecule has 0 saturated carbocycles. The van der Waals surface area contributed by atoms with E-state index in [1.165, 1.54) is 4.52 Å². The van der Waals surface area contributed by atoms with E-state index in [0.29, 0.717) is 5.65 Å². The van der Waals surface area contributed by atoms with Crippen LogP contribution in [0.3, 0.4) is 0 Å². The molecule has 0 radical (unpaired) electrons. The summed E-state index contributed by atoms with van der Waals surface area (Å²) in [6.07, 6.45) is 0. The first-order chi connectivity index (χ1) is 8.95. The average Bonchev–Trinajstić information content (AvgIpc) is 2.95. The summed E-state index contributed by atoms with van der Waals surface area (Å²) in [5, 5.41) is 5.11. The lowest BCUT2D eigenvalue weighted by molar-refractivity contribution is 0.566. The highest BCUT2D eigenvalue weighted by Gasteiger charge is 2.18. The molecule has 5 heteroatoms. The number of aromatic amines is 1. The van der Waals surface area contributed by atoms with Crippen LogP contribution < -0.4 is 5.56 Å². The van der Waals surface area contributed by atoms with E-state index >= 15 is 0 Å². The highest BCUT2D eigenvalue weighted by Crippen LogP contribution is 2.24. The lowest BCUT2D eigenvalue weighted by atomic mass is 9.92. The molecule has 19 heavy (non-hydrogen) atoms. The number of nitrogens with one attached hydrogen (secondary N) is 1. The first kappa shape index (κ1) is 12.2. The third kappa shape index (κ3) is 2.10. The molecule has 4 nitrogen and oxygen atoms in total. The van der Waals surface area contributed by atoms with Crippen LogP contribution in [0.5, 0.6) is 0 Å². The Labute approximate surface area is 114 Å². The van der Waals surface area contributed by atoms with Gasteiger partial charge < -0.3 is 0 Å². The van der Waals surface area contributed by atoms with Gasteiger partial charge in [0.1, 0.15) is 0 Å². The number of fused-ring (bicyclic) bond motifs is 1. The summed E-state index contributed by atoms with van der Waals surface area (Å²) in [5.41, 5.74) is 2.20. The molecule has 0 aliphatic carbocycles. The van der Waals surface area contributed by atoms with E-state index in [4.69, 9.17) is 0 Å². The van der Waals surface area contributed by atoms with Crippen molar-refractivity contribution >= 4 is 17.0 Å². The molecule has 0 aliphatic heterocycles. The minimum Gasteiger partial charge on any atom is -0.288 e. The molecule has 0 saturated heterocycles. The van der Waals surface area contributed by atoms with E-state index in [9.17, 15) is 4.79 Å². The van der Waals surface area contributed by atoms with Gasteiger partial charge in [-0.2, -0.15) is 0 Å². The van der Waals surface area contributed by atoms with Crippen molar-refractivity contribution in [3.63, 3.8) is 0 Å². The molecule has 0 unspecified atom stereocenters. The van der Waals surface area contributed by atoms with Gasteiger partial charge in [-0.15, -0.1) is 11.3 Å². The first-order valence-electron chi connectivity index (χ1n) is 6.12. The molecule has 0 bridgehead atoms. The van der Waals surface area contributed by atoms with Crippen molar-refractivity contribution in [1.82, 2.24) is 14.6 Å². The largest absolute Gasteiger partial charge is 0.288 e. The Morgan fingerprint density at radius 2 is 2.11 bits per heavy atom. The van der Waals surface area contributed by atoms with Crippen molar-refractivity contribution in [3.8, 4) is 10.6 Å². The summed E-state index contributed by atoms with van der Waals surface area (Å²) >= 11 is 1.63. The first-order valence-corrected chi connectivity index (χ1v) is 7.00. The van der Waals surface area contributed by atoms with Crippen LogP contribution in [-0.4, -0.2) is 14.6 Å². The third-order valence-corrected chi connectivity index (χ3v) is 3.91. The number of aromatic nitrogens is 3. The van der Waals surface area contributed by atoms with Crippen LogP contribution in [0.4, 0.5) is 0 Å². The monoisotopic (exact) mass is 273 g/mol. The SMILES string of the molecule is CC(C)(C)c1cc(=O)n2[nH]c(-c3cccs3)cc2n1. The number of hydrogen-bond acceptors (Lipinski definition) is 3. The molecule has 1 N–H and O–H groups in total. The van der Waals surface area contributed by atoms with Crippen molar-refractivity contribution in [3.05, 3.63) is 45.7 Å². The summed E-state index contributed by atoms with van der Waals surface area (Å²) in [7, 11) is 0. The van der Waals surface area contributed by atoms with Gasteiger partial charge in [0.2, 0.25) is 0 Å². The van der Waals surface area contributed by atoms with Gasteiger partial charge in [-0.1, -0.05) is 26.8 Å². The lowest BCUT2D eigenvalue weighted by Crippen LogP contribution is -2.21. The smallest absolute Gasteiger partial charge is 0.272 e. The van der Waals surface area contributed by atoms with Crippen molar-refractivity contribution in [2.75, 3.05) is 0 Å². The zero-order chi connectivity index (χ0) is 13.6. The molecule has 0 spiro atoms. The van der Waals surface area contributed by atoms with Crippen LogP contribution in [0.25, 0.3) is 16.2 Å².